The Hall–Kier alpha value is -1.63. The fraction of sp³-hybridized carbons (Fsp3) is 0.267. The van der Waals surface area contributed by atoms with E-state index in [1.54, 1.807) is 0 Å². The van der Waals surface area contributed by atoms with Crippen molar-refractivity contribution in [1.29, 1.82) is 0 Å². The van der Waals surface area contributed by atoms with Gasteiger partial charge in [0.25, 0.3) is 0 Å². The summed E-state index contributed by atoms with van der Waals surface area (Å²) < 4.78 is 0. The van der Waals surface area contributed by atoms with Gasteiger partial charge in [0.2, 0.25) is 0 Å². The smallest absolute Gasteiger partial charge is 0.120 e. The number of rotatable bonds is 5. The summed E-state index contributed by atoms with van der Waals surface area (Å²) in [5, 5.41) is 0. The van der Waals surface area contributed by atoms with Crippen LogP contribution in [-0.4, -0.2) is 6.29 Å². The van der Waals surface area contributed by atoms with Gasteiger partial charge < -0.3 is 4.79 Å². The van der Waals surface area contributed by atoms with Gasteiger partial charge in [-0.2, -0.15) is 0 Å². The standard InChI is InChI=1S/C15H18O/c1-3-4-7-13(2)15-10-5-8-14(12-15)9-6-11-16/h3-5,7-8,10-12H,6,9H2,1-2H3/b4-3-,13-7+. The van der Waals surface area contributed by atoms with Gasteiger partial charge in [-0.15, -0.1) is 0 Å². The van der Waals surface area contributed by atoms with Crippen molar-refractivity contribution >= 4 is 11.9 Å². The summed E-state index contributed by atoms with van der Waals surface area (Å²) in [4.78, 5) is 10.3. The molecule has 1 heteroatoms. The van der Waals surface area contributed by atoms with Gasteiger partial charge in [0.05, 0.1) is 0 Å². The first-order valence-corrected chi connectivity index (χ1v) is 5.60. The van der Waals surface area contributed by atoms with Gasteiger partial charge in [-0.05, 0) is 37.0 Å². The van der Waals surface area contributed by atoms with E-state index in [1.807, 2.05) is 25.1 Å². The lowest BCUT2D eigenvalue weighted by molar-refractivity contribution is -0.107. The predicted octanol–water partition coefficient (Wildman–Crippen LogP) is 3.80. The molecule has 0 fully saturated rings. The largest absolute Gasteiger partial charge is 0.303 e. The molecule has 0 atom stereocenters. The summed E-state index contributed by atoms with van der Waals surface area (Å²) in [5.74, 6) is 0. The Morgan fingerprint density at radius 1 is 1.38 bits per heavy atom. The first kappa shape index (κ1) is 12.4. The van der Waals surface area contributed by atoms with Crippen molar-refractivity contribution in [3.05, 3.63) is 53.6 Å². The monoisotopic (exact) mass is 214 g/mol. The van der Waals surface area contributed by atoms with Crippen molar-refractivity contribution in [2.75, 3.05) is 0 Å². The minimum absolute atomic E-state index is 0.598. The van der Waals surface area contributed by atoms with Crippen LogP contribution in [-0.2, 0) is 11.2 Å². The van der Waals surface area contributed by atoms with Crippen molar-refractivity contribution in [1.82, 2.24) is 0 Å². The van der Waals surface area contributed by atoms with Gasteiger partial charge in [0.1, 0.15) is 6.29 Å². The molecule has 84 valence electrons. The maximum absolute atomic E-state index is 10.3. The van der Waals surface area contributed by atoms with Crippen molar-refractivity contribution < 1.29 is 4.79 Å². The molecule has 0 radical (unpaired) electrons. The SMILES string of the molecule is C/C=C\C=C(/C)c1cccc(CCC=O)c1. The molecule has 1 aromatic rings. The van der Waals surface area contributed by atoms with Gasteiger partial charge in [-0.25, -0.2) is 0 Å². The molecule has 0 bridgehead atoms. The molecule has 16 heavy (non-hydrogen) atoms. The third-order valence-electron chi connectivity index (χ3n) is 2.47. The lowest BCUT2D eigenvalue weighted by Gasteiger charge is -2.04. The van der Waals surface area contributed by atoms with Gasteiger partial charge in [0, 0.05) is 6.42 Å². The van der Waals surface area contributed by atoms with E-state index in [0.29, 0.717) is 6.42 Å². The van der Waals surface area contributed by atoms with Crippen LogP contribution >= 0.6 is 0 Å². The quantitative estimate of drug-likeness (QED) is 0.538. The van der Waals surface area contributed by atoms with Crippen LogP contribution in [0.15, 0.2) is 42.5 Å². The third kappa shape index (κ3) is 3.85. The van der Waals surface area contributed by atoms with E-state index < -0.39 is 0 Å². The van der Waals surface area contributed by atoms with E-state index in [0.717, 1.165) is 12.7 Å². The Kier molecular flexibility index (Phi) is 5.27. The molecule has 0 saturated heterocycles. The number of allylic oxidation sites excluding steroid dienone is 4. The second-order valence-corrected chi connectivity index (χ2v) is 3.78. The Balaban J connectivity index is 2.84. The zero-order chi connectivity index (χ0) is 11.8. The Bertz CT molecular complexity index is 400. The van der Waals surface area contributed by atoms with Gasteiger partial charge in [-0.1, -0.05) is 42.5 Å². The topological polar surface area (TPSA) is 17.1 Å². The molecular weight excluding hydrogens is 196 g/mol. The van der Waals surface area contributed by atoms with Crippen LogP contribution in [0.4, 0.5) is 0 Å². The predicted molar refractivity (Wildman–Crippen MR) is 69.3 cm³/mol. The lowest BCUT2D eigenvalue weighted by Crippen LogP contribution is -1.88. The lowest BCUT2D eigenvalue weighted by atomic mass is 10.0. The van der Waals surface area contributed by atoms with Crippen molar-refractivity contribution in [2.45, 2.75) is 26.7 Å². The molecule has 0 aliphatic heterocycles. The molecule has 0 heterocycles. The molecule has 0 aliphatic rings. The normalized spacial score (nSPS) is 12.0. The maximum Gasteiger partial charge on any atom is 0.120 e. The zero-order valence-electron chi connectivity index (χ0n) is 9.94. The molecule has 0 unspecified atom stereocenters. The van der Waals surface area contributed by atoms with Crippen LogP contribution < -0.4 is 0 Å². The summed E-state index contributed by atoms with van der Waals surface area (Å²) in [5.41, 5.74) is 3.69. The van der Waals surface area contributed by atoms with Crippen molar-refractivity contribution in [3.63, 3.8) is 0 Å². The number of hydrogen-bond donors (Lipinski definition) is 0. The number of carbonyl (C=O) groups is 1. The summed E-state index contributed by atoms with van der Waals surface area (Å²) in [6, 6.07) is 8.36. The summed E-state index contributed by atoms with van der Waals surface area (Å²) in [7, 11) is 0. The maximum atomic E-state index is 10.3. The third-order valence-corrected chi connectivity index (χ3v) is 2.47. The van der Waals surface area contributed by atoms with Crippen molar-refractivity contribution in [2.24, 2.45) is 0 Å². The summed E-state index contributed by atoms with van der Waals surface area (Å²) >= 11 is 0. The number of hydrogen-bond acceptors (Lipinski definition) is 1. The van der Waals surface area contributed by atoms with E-state index in [4.69, 9.17) is 0 Å². The van der Waals surface area contributed by atoms with Crippen LogP contribution in [0.25, 0.3) is 5.57 Å². The fourth-order valence-electron chi connectivity index (χ4n) is 1.53. The summed E-state index contributed by atoms with van der Waals surface area (Å²) in [6.45, 7) is 4.10. The van der Waals surface area contributed by atoms with Crippen LogP contribution in [0.3, 0.4) is 0 Å². The Morgan fingerprint density at radius 3 is 2.88 bits per heavy atom. The number of aryl methyl sites for hydroxylation is 1. The molecule has 0 amide bonds. The van der Waals surface area contributed by atoms with Gasteiger partial charge in [-0.3, -0.25) is 0 Å². The first-order chi connectivity index (χ1) is 7.77. The molecule has 0 saturated carbocycles. The van der Waals surface area contributed by atoms with Crippen molar-refractivity contribution in [3.8, 4) is 0 Å². The number of aldehydes is 1. The van der Waals surface area contributed by atoms with E-state index in [-0.39, 0.29) is 0 Å². The van der Waals surface area contributed by atoms with Gasteiger partial charge in [0.15, 0.2) is 0 Å². The molecular formula is C15H18O. The van der Waals surface area contributed by atoms with Crippen LogP contribution in [0, 0.1) is 0 Å². The highest BCUT2D eigenvalue weighted by atomic mass is 16.1. The van der Waals surface area contributed by atoms with E-state index >= 15 is 0 Å². The zero-order valence-corrected chi connectivity index (χ0v) is 9.94. The molecule has 0 aromatic heterocycles. The number of benzene rings is 1. The highest BCUT2D eigenvalue weighted by molar-refractivity contribution is 5.65. The summed E-state index contributed by atoms with van der Waals surface area (Å²) in [6.07, 6.45) is 8.54. The molecule has 0 N–H and O–H groups in total. The number of carbonyl (C=O) groups excluding carboxylic acids is 1. The molecule has 1 rings (SSSR count). The minimum atomic E-state index is 0.598. The van der Waals surface area contributed by atoms with Gasteiger partial charge >= 0.3 is 0 Å². The van der Waals surface area contributed by atoms with Crippen LogP contribution in [0.5, 0.6) is 0 Å². The molecule has 0 aliphatic carbocycles. The van der Waals surface area contributed by atoms with E-state index in [1.165, 1.54) is 16.7 Å². The minimum Gasteiger partial charge on any atom is -0.303 e. The van der Waals surface area contributed by atoms with Crippen LogP contribution in [0.1, 0.15) is 31.4 Å². The average Bonchev–Trinajstić information content (AvgIpc) is 2.33. The van der Waals surface area contributed by atoms with Crippen LogP contribution in [0.2, 0.25) is 0 Å². The highest BCUT2D eigenvalue weighted by Crippen LogP contribution is 2.16. The molecule has 0 spiro atoms. The second-order valence-electron chi connectivity index (χ2n) is 3.78. The highest BCUT2D eigenvalue weighted by Gasteiger charge is 1.97. The Labute approximate surface area is 97.5 Å². The first-order valence-electron chi connectivity index (χ1n) is 5.60. The molecule has 1 aromatic carbocycles. The molecule has 1 nitrogen and oxygen atoms in total. The van der Waals surface area contributed by atoms with E-state index in [9.17, 15) is 4.79 Å². The average molecular weight is 214 g/mol. The van der Waals surface area contributed by atoms with E-state index in [2.05, 4.69) is 31.2 Å². The second kappa shape index (κ2) is 6.78. The Morgan fingerprint density at radius 2 is 2.19 bits per heavy atom. The fourth-order valence-corrected chi connectivity index (χ4v) is 1.53.